The highest BCUT2D eigenvalue weighted by Crippen LogP contribution is 2.34. The van der Waals surface area contributed by atoms with Crippen LogP contribution in [0.2, 0.25) is 5.02 Å². The molecule has 0 fully saturated rings. The Labute approximate surface area is 124 Å². The van der Waals surface area contributed by atoms with Crippen molar-refractivity contribution in [3.8, 4) is 5.75 Å². The van der Waals surface area contributed by atoms with E-state index in [1.165, 1.54) is 11.1 Å². The molecule has 0 aromatic heterocycles. The van der Waals surface area contributed by atoms with Gasteiger partial charge in [-0.1, -0.05) is 48.0 Å². The minimum absolute atomic E-state index is 0.106. The van der Waals surface area contributed by atoms with E-state index in [1.807, 2.05) is 31.3 Å². The molecule has 0 radical (unpaired) electrons. The number of halogens is 1. The van der Waals surface area contributed by atoms with Crippen LogP contribution < -0.4 is 10.1 Å². The third kappa shape index (κ3) is 2.54. The van der Waals surface area contributed by atoms with Crippen LogP contribution in [0.3, 0.4) is 0 Å². The molecule has 3 rings (SSSR count). The molecule has 1 aliphatic carbocycles. The van der Waals surface area contributed by atoms with Gasteiger partial charge in [0.05, 0.1) is 11.1 Å². The van der Waals surface area contributed by atoms with Crippen molar-refractivity contribution in [2.45, 2.75) is 25.0 Å². The third-order valence-electron chi connectivity index (χ3n) is 3.89. The number of likely N-dealkylation sites (N-methyl/N-ethyl adjacent to an activating group) is 1. The summed E-state index contributed by atoms with van der Waals surface area (Å²) in [6.45, 7) is 0. The Bertz CT molecular complexity index is 599. The predicted molar refractivity (Wildman–Crippen MR) is 82.4 cm³/mol. The van der Waals surface area contributed by atoms with Crippen molar-refractivity contribution in [3.05, 3.63) is 64.7 Å². The summed E-state index contributed by atoms with van der Waals surface area (Å²) in [6, 6.07) is 16.4. The second-order valence-corrected chi connectivity index (χ2v) is 5.50. The molecule has 1 aliphatic rings. The van der Waals surface area contributed by atoms with E-state index in [1.54, 1.807) is 0 Å². The quantitative estimate of drug-likeness (QED) is 0.921. The maximum atomic E-state index is 6.19. The number of nitrogens with one attached hydrogen (secondary N) is 1. The molecule has 2 aromatic rings. The molecule has 0 bridgehead atoms. The summed E-state index contributed by atoms with van der Waals surface area (Å²) in [4.78, 5) is 0. The first-order valence-electron chi connectivity index (χ1n) is 6.96. The van der Waals surface area contributed by atoms with Crippen molar-refractivity contribution in [3.63, 3.8) is 0 Å². The molecule has 0 spiro atoms. The average molecular weight is 288 g/mol. The van der Waals surface area contributed by atoms with Gasteiger partial charge in [-0.25, -0.2) is 0 Å². The lowest BCUT2D eigenvalue weighted by Crippen LogP contribution is -2.37. The van der Waals surface area contributed by atoms with Crippen LogP contribution in [0.4, 0.5) is 0 Å². The van der Waals surface area contributed by atoms with Crippen molar-refractivity contribution < 1.29 is 4.74 Å². The van der Waals surface area contributed by atoms with E-state index in [-0.39, 0.29) is 12.1 Å². The van der Waals surface area contributed by atoms with Gasteiger partial charge in [0.1, 0.15) is 11.9 Å². The fourth-order valence-corrected chi connectivity index (χ4v) is 3.08. The van der Waals surface area contributed by atoms with Crippen LogP contribution in [-0.4, -0.2) is 13.2 Å². The zero-order valence-corrected chi connectivity index (χ0v) is 12.2. The largest absolute Gasteiger partial charge is 0.487 e. The van der Waals surface area contributed by atoms with E-state index >= 15 is 0 Å². The van der Waals surface area contributed by atoms with E-state index in [0.29, 0.717) is 5.02 Å². The van der Waals surface area contributed by atoms with Gasteiger partial charge < -0.3 is 10.1 Å². The number of hydrogen-bond acceptors (Lipinski definition) is 2. The smallest absolute Gasteiger partial charge is 0.138 e. The van der Waals surface area contributed by atoms with Gasteiger partial charge in [0.15, 0.2) is 0 Å². The first-order valence-corrected chi connectivity index (χ1v) is 7.33. The van der Waals surface area contributed by atoms with E-state index < -0.39 is 0 Å². The number of benzene rings is 2. The Morgan fingerprint density at radius 1 is 1.10 bits per heavy atom. The van der Waals surface area contributed by atoms with Gasteiger partial charge in [0.2, 0.25) is 0 Å². The fourth-order valence-electron chi connectivity index (χ4n) is 2.90. The Kier molecular flexibility index (Phi) is 3.95. The van der Waals surface area contributed by atoms with Crippen LogP contribution in [0, 0.1) is 0 Å². The van der Waals surface area contributed by atoms with Crippen LogP contribution in [-0.2, 0) is 6.42 Å². The van der Waals surface area contributed by atoms with Gasteiger partial charge in [-0.15, -0.1) is 0 Å². The van der Waals surface area contributed by atoms with E-state index in [2.05, 4.69) is 29.6 Å². The average Bonchev–Trinajstić information content (AvgIpc) is 2.49. The molecule has 2 unspecified atom stereocenters. The number of ether oxygens (including phenoxy) is 1. The maximum Gasteiger partial charge on any atom is 0.138 e. The summed E-state index contributed by atoms with van der Waals surface area (Å²) in [5, 5.41) is 4.05. The van der Waals surface area contributed by atoms with Crippen molar-refractivity contribution in [1.29, 1.82) is 0 Å². The lowest BCUT2D eigenvalue weighted by atomic mass is 9.85. The van der Waals surface area contributed by atoms with E-state index in [4.69, 9.17) is 16.3 Å². The molecule has 104 valence electrons. The molecular weight excluding hydrogens is 270 g/mol. The normalized spacial score (nSPS) is 21.3. The summed E-state index contributed by atoms with van der Waals surface area (Å²) in [5.74, 6) is 0.763. The molecule has 2 nitrogen and oxygen atoms in total. The predicted octanol–water partition coefficient (Wildman–Crippen LogP) is 3.99. The van der Waals surface area contributed by atoms with Crippen LogP contribution in [0.25, 0.3) is 0 Å². The van der Waals surface area contributed by atoms with Crippen molar-refractivity contribution in [1.82, 2.24) is 5.32 Å². The van der Waals surface area contributed by atoms with E-state index in [0.717, 1.165) is 18.6 Å². The van der Waals surface area contributed by atoms with Crippen molar-refractivity contribution >= 4 is 11.6 Å². The lowest BCUT2D eigenvalue weighted by Gasteiger charge is -2.33. The Morgan fingerprint density at radius 3 is 2.65 bits per heavy atom. The number of fused-ring (bicyclic) bond motifs is 1. The van der Waals surface area contributed by atoms with Crippen molar-refractivity contribution in [2.24, 2.45) is 0 Å². The molecule has 2 aromatic carbocycles. The second kappa shape index (κ2) is 5.86. The summed E-state index contributed by atoms with van der Waals surface area (Å²) in [6.07, 6.45) is 2.15. The van der Waals surface area contributed by atoms with E-state index in [9.17, 15) is 0 Å². The zero-order chi connectivity index (χ0) is 13.9. The summed E-state index contributed by atoms with van der Waals surface area (Å²) in [5.41, 5.74) is 2.74. The van der Waals surface area contributed by atoms with Gasteiger partial charge in [-0.2, -0.15) is 0 Å². The van der Waals surface area contributed by atoms with Gasteiger partial charge in [0, 0.05) is 0 Å². The number of para-hydroxylation sites is 1. The van der Waals surface area contributed by atoms with Crippen LogP contribution >= 0.6 is 11.6 Å². The highest BCUT2D eigenvalue weighted by Gasteiger charge is 2.30. The lowest BCUT2D eigenvalue weighted by molar-refractivity contribution is 0.139. The van der Waals surface area contributed by atoms with Gasteiger partial charge in [-0.3, -0.25) is 0 Å². The van der Waals surface area contributed by atoms with Crippen LogP contribution in [0.15, 0.2) is 48.5 Å². The maximum absolute atomic E-state index is 6.19. The van der Waals surface area contributed by atoms with Gasteiger partial charge in [-0.05, 0) is 43.1 Å². The number of hydrogen-bond donors (Lipinski definition) is 1. The minimum Gasteiger partial charge on any atom is -0.487 e. The second-order valence-electron chi connectivity index (χ2n) is 5.09. The zero-order valence-electron chi connectivity index (χ0n) is 11.5. The molecule has 0 aliphatic heterocycles. The third-order valence-corrected chi connectivity index (χ3v) is 4.20. The first-order chi connectivity index (χ1) is 9.79. The summed E-state index contributed by atoms with van der Waals surface area (Å²) >= 11 is 6.19. The number of aryl methyl sites for hydroxylation is 1. The highest BCUT2D eigenvalue weighted by molar-refractivity contribution is 6.32. The molecule has 0 saturated carbocycles. The first kappa shape index (κ1) is 13.5. The Hall–Kier alpha value is -1.51. The molecule has 20 heavy (non-hydrogen) atoms. The van der Waals surface area contributed by atoms with Crippen LogP contribution in [0.5, 0.6) is 5.75 Å². The van der Waals surface area contributed by atoms with Gasteiger partial charge >= 0.3 is 0 Å². The number of rotatable bonds is 3. The van der Waals surface area contributed by atoms with Crippen LogP contribution in [0.1, 0.15) is 23.6 Å². The molecule has 3 heteroatoms. The van der Waals surface area contributed by atoms with Crippen molar-refractivity contribution in [2.75, 3.05) is 7.05 Å². The Balaban J connectivity index is 1.87. The Morgan fingerprint density at radius 2 is 1.85 bits per heavy atom. The molecular formula is C17H18ClNO. The summed E-state index contributed by atoms with van der Waals surface area (Å²) < 4.78 is 6.15. The molecule has 1 N–H and O–H groups in total. The van der Waals surface area contributed by atoms with Gasteiger partial charge in [0.25, 0.3) is 0 Å². The standard InChI is InChI=1S/C17H18ClNO/c1-19-17-13-7-3-2-6-12(13)10-11-16(17)20-15-9-5-4-8-14(15)18/h2-9,16-17,19H,10-11H2,1H3. The molecule has 0 amide bonds. The highest BCUT2D eigenvalue weighted by atomic mass is 35.5. The summed E-state index contributed by atoms with van der Waals surface area (Å²) in [7, 11) is 1.98. The fraction of sp³-hybridized carbons (Fsp3) is 0.294. The molecule has 2 atom stereocenters. The molecule has 0 saturated heterocycles. The topological polar surface area (TPSA) is 21.3 Å². The monoisotopic (exact) mass is 287 g/mol. The SMILES string of the molecule is CNC1c2ccccc2CCC1Oc1ccccc1Cl. The molecule has 0 heterocycles. The minimum atomic E-state index is 0.106.